The van der Waals surface area contributed by atoms with Crippen LogP contribution < -0.4 is 10.6 Å². The topological polar surface area (TPSA) is 103 Å². The number of amides is 3. The SMILES string of the molecule is CC(C)(C)c1n[nH]c(CNC(=O)CN2CCC(c3ccccc3)NC2=O)n1. The Balaban J connectivity index is 1.47. The lowest BCUT2D eigenvalue weighted by Crippen LogP contribution is -2.51. The lowest BCUT2D eigenvalue weighted by Gasteiger charge is -2.32. The maximum Gasteiger partial charge on any atom is 0.318 e. The zero-order valence-corrected chi connectivity index (χ0v) is 16.0. The summed E-state index contributed by atoms with van der Waals surface area (Å²) in [4.78, 5) is 30.4. The largest absolute Gasteiger partial charge is 0.347 e. The molecule has 1 aromatic heterocycles. The Morgan fingerprint density at radius 2 is 2.04 bits per heavy atom. The summed E-state index contributed by atoms with van der Waals surface area (Å²) in [6, 6.07) is 9.62. The molecule has 3 amide bonds. The fraction of sp³-hybridized carbons (Fsp3) is 0.474. The summed E-state index contributed by atoms with van der Waals surface area (Å²) in [6.45, 7) is 6.88. The number of rotatable bonds is 5. The fourth-order valence-corrected chi connectivity index (χ4v) is 2.91. The zero-order chi connectivity index (χ0) is 19.4. The van der Waals surface area contributed by atoms with Gasteiger partial charge >= 0.3 is 6.03 Å². The van der Waals surface area contributed by atoms with Crippen molar-refractivity contribution in [2.75, 3.05) is 13.1 Å². The molecule has 144 valence electrons. The van der Waals surface area contributed by atoms with Crippen LogP contribution in [0.25, 0.3) is 0 Å². The molecule has 1 aliphatic rings. The number of H-pyrrole nitrogens is 1. The first-order chi connectivity index (χ1) is 12.8. The summed E-state index contributed by atoms with van der Waals surface area (Å²) in [5.74, 6) is 1.08. The van der Waals surface area contributed by atoms with Crippen LogP contribution in [0.2, 0.25) is 0 Å². The van der Waals surface area contributed by atoms with Gasteiger partial charge in [-0.2, -0.15) is 5.10 Å². The predicted octanol–water partition coefficient (Wildman–Crippen LogP) is 1.87. The van der Waals surface area contributed by atoms with Crippen molar-refractivity contribution in [3.8, 4) is 0 Å². The quantitative estimate of drug-likeness (QED) is 0.747. The number of aromatic amines is 1. The van der Waals surface area contributed by atoms with E-state index >= 15 is 0 Å². The van der Waals surface area contributed by atoms with Gasteiger partial charge in [0.2, 0.25) is 5.91 Å². The van der Waals surface area contributed by atoms with Crippen molar-refractivity contribution < 1.29 is 9.59 Å². The van der Waals surface area contributed by atoms with Gasteiger partial charge in [-0.15, -0.1) is 0 Å². The van der Waals surface area contributed by atoms with Crippen LogP contribution >= 0.6 is 0 Å². The Morgan fingerprint density at radius 3 is 2.67 bits per heavy atom. The van der Waals surface area contributed by atoms with Crippen LogP contribution in [0.3, 0.4) is 0 Å². The van der Waals surface area contributed by atoms with Crippen molar-refractivity contribution in [2.45, 2.75) is 45.2 Å². The first-order valence-corrected chi connectivity index (χ1v) is 9.12. The monoisotopic (exact) mass is 370 g/mol. The van der Waals surface area contributed by atoms with Crippen LogP contribution in [-0.4, -0.2) is 45.1 Å². The minimum absolute atomic E-state index is 0.0111. The molecule has 1 aliphatic heterocycles. The predicted molar refractivity (Wildman–Crippen MR) is 101 cm³/mol. The van der Waals surface area contributed by atoms with Crippen LogP contribution in [0.1, 0.15) is 50.4 Å². The Labute approximate surface area is 158 Å². The highest BCUT2D eigenvalue weighted by Crippen LogP contribution is 2.21. The van der Waals surface area contributed by atoms with E-state index in [1.165, 1.54) is 4.90 Å². The molecule has 3 rings (SSSR count). The van der Waals surface area contributed by atoms with Gasteiger partial charge in [0.15, 0.2) is 5.82 Å². The molecule has 0 spiro atoms. The number of benzene rings is 1. The molecule has 1 atom stereocenters. The van der Waals surface area contributed by atoms with Crippen LogP contribution in [0, 0.1) is 0 Å². The first kappa shape index (κ1) is 18.9. The second-order valence-corrected chi connectivity index (χ2v) is 7.76. The minimum atomic E-state index is -0.225. The Morgan fingerprint density at radius 1 is 1.30 bits per heavy atom. The number of urea groups is 1. The van der Waals surface area contributed by atoms with Crippen LogP contribution in [0.4, 0.5) is 4.79 Å². The molecule has 8 nitrogen and oxygen atoms in total. The average Bonchev–Trinajstić information content (AvgIpc) is 3.12. The summed E-state index contributed by atoms with van der Waals surface area (Å²) in [7, 11) is 0. The summed E-state index contributed by atoms with van der Waals surface area (Å²) in [6.07, 6.45) is 0.764. The van der Waals surface area contributed by atoms with Crippen molar-refractivity contribution >= 4 is 11.9 Å². The normalized spacial score (nSPS) is 17.5. The van der Waals surface area contributed by atoms with E-state index in [0.29, 0.717) is 18.2 Å². The molecular weight excluding hydrogens is 344 g/mol. The molecular formula is C19H26N6O2. The lowest BCUT2D eigenvalue weighted by molar-refractivity contribution is -0.122. The Kier molecular flexibility index (Phi) is 5.43. The molecule has 2 heterocycles. The summed E-state index contributed by atoms with van der Waals surface area (Å²) in [5, 5.41) is 12.7. The molecule has 1 fully saturated rings. The number of nitrogens with zero attached hydrogens (tertiary/aromatic N) is 3. The van der Waals surface area contributed by atoms with Crippen molar-refractivity contribution in [1.29, 1.82) is 0 Å². The van der Waals surface area contributed by atoms with Crippen molar-refractivity contribution in [3.63, 3.8) is 0 Å². The maximum atomic E-state index is 12.3. The van der Waals surface area contributed by atoms with E-state index in [1.54, 1.807) is 0 Å². The van der Waals surface area contributed by atoms with E-state index < -0.39 is 0 Å². The summed E-state index contributed by atoms with van der Waals surface area (Å²) in [5.41, 5.74) is 0.926. The van der Waals surface area contributed by atoms with Gasteiger partial charge in [-0.3, -0.25) is 9.89 Å². The molecule has 27 heavy (non-hydrogen) atoms. The van der Waals surface area contributed by atoms with E-state index in [1.807, 2.05) is 51.1 Å². The van der Waals surface area contributed by atoms with Crippen LogP contribution in [0.5, 0.6) is 0 Å². The molecule has 0 saturated carbocycles. The zero-order valence-electron chi connectivity index (χ0n) is 16.0. The number of aromatic nitrogens is 3. The van der Waals surface area contributed by atoms with Gasteiger partial charge in [-0.05, 0) is 12.0 Å². The smallest absolute Gasteiger partial charge is 0.318 e. The second kappa shape index (κ2) is 7.77. The second-order valence-electron chi connectivity index (χ2n) is 7.76. The van der Waals surface area contributed by atoms with E-state index in [0.717, 1.165) is 12.0 Å². The van der Waals surface area contributed by atoms with Crippen LogP contribution in [-0.2, 0) is 16.8 Å². The number of hydrogen-bond donors (Lipinski definition) is 3. The number of hydrogen-bond acceptors (Lipinski definition) is 4. The van der Waals surface area contributed by atoms with Crippen molar-refractivity contribution in [2.24, 2.45) is 0 Å². The van der Waals surface area contributed by atoms with Gasteiger partial charge < -0.3 is 15.5 Å². The molecule has 1 aromatic carbocycles. The Bertz CT molecular complexity index is 796. The molecule has 3 N–H and O–H groups in total. The third-order valence-corrected chi connectivity index (χ3v) is 4.46. The average molecular weight is 370 g/mol. The van der Waals surface area contributed by atoms with Gasteiger partial charge in [0, 0.05) is 12.0 Å². The molecule has 0 bridgehead atoms. The van der Waals surface area contributed by atoms with Gasteiger partial charge in [-0.25, -0.2) is 9.78 Å². The third-order valence-electron chi connectivity index (χ3n) is 4.46. The number of carbonyl (C=O) groups is 2. The van der Waals surface area contributed by atoms with Gasteiger partial charge in [0.05, 0.1) is 12.6 Å². The van der Waals surface area contributed by atoms with Crippen LogP contribution in [0.15, 0.2) is 30.3 Å². The molecule has 1 saturated heterocycles. The van der Waals surface area contributed by atoms with E-state index in [9.17, 15) is 9.59 Å². The highest BCUT2D eigenvalue weighted by Gasteiger charge is 2.27. The highest BCUT2D eigenvalue weighted by molar-refractivity contribution is 5.84. The summed E-state index contributed by atoms with van der Waals surface area (Å²) >= 11 is 0. The van der Waals surface area contributed by atoms with E-state index in [-0.39, 0.29) is 36.5 Å². The van der Waals surface area contributed by atoms with Gasteiger partial charge in [0.1, 0.15) is 12.4 Å². The van der Waals surface area contributed by atoms with Gasteiger partial charge in [-0.1, -0.05) is 51.1 Å². The first-order valence-electron chi connectivity index (χ1n) is 9.12. The Hall–Kier alpha value is -2.90. The highest BCUT2D eigenvalue weighted by atomic mass is 16.2. The van der Waals surface area contributed by atoms with E-state index in [2.05, 4.69) is 25.8 Å². The number of carbonyl (C=O) groups excluding carboxylic acids is 2. The molecule has 8 heteroatoms. The summed E-state index contributed by atoms with van der Waals surface area (Å²) < 4.78 is 0. The molecule has 0 aliphatic carbocycles. The molecule has 1 unspecified atom stereocenters. The molecule has 0 radical (unpaired) electrons. The third kappa shape index (κ3) is 4.84. The van der Waals surface area contributed by atoms with Gasteiger partial charge in [0.25, 0.3) is 0 Å². The van der Waals surface area contributed by atoms with Crippen molar-refractivity contribution in [3.05, 3.63) is 47.5 Å². The standard InChI is InChI=1S/C19H26N6O2/c1-19(2,3)17-22-15(23-24-17)11-20-16(26)12-25-10-9-14(21-18(25)27)13-7-5-4-6-8-13/h4-8,14H,9-12H2,1-3H3,(H,20,26)(H,21,27)(H,22,23,24). The van der Waals surface area contributed by atoms with E-state index in [4.69, 9.17) is 0 Å². The molecule has 2 aromatic rings. The maximum absolute atomic E-state index is 12.3. The van der Waals surface area contributed by atoms with Crippen molar-refractivity contribution in [1.82, 2.24) is 30.7 Å². The number of nitrogens with one attached hydrogen (secondary N) is 3. The fourth-order valence-electron chi connectivity index (χ4n) is 2.91. The lowest BCUT2D eigenvalue weighted by atomic mass is 9.96. The minimum Gasteiger partial charge on any atom is -0.347 e.